The molecular weight excluding hydrogens is 268 g/mol. The summed E-state index contributed by atoms with van der Waals surface area (Å²) < 4.78 is 4.59. The maximum Gasteiger partial charge on any atom is 0.303 e. The normalized spacial score (nSPS) is 10.2. The number of benzene rings is 1. The van der Waals surface area contributed by atoms with Crippen molar-refractivity contribution in [3.63, 3.8) is 0 Å². The van der Waals surface area contributed by atoms with Crippen LogP contribution in [0.4, 0.5) is 5.69 Å². The Morgan fingerprint density at radius 1 is 1.37 bits per heavy atom. The van der Waals surface area contributed by atoms with Gasteiger partial charge >= 0.3 is 5.97 Å². The van der Waals surface area contributed by atoms with Crippen molar-refractivity contribution in [2.45, 2.75) is 6.92 Å². The van der Waals surface area contributed by atoms with Crippen LogP contribution in [0, 0.1) is 0 Å². The second-order valence-electron chi connectivity index (χ2n) is 3.83. The molecule has 0 aliphatic heterocycles. The van der Waals surface area contributed by atoms with Gasteiger partial charge in [-0.1, -0.05) is 29.8 Å². The minimum Gasteiger partial charge on any atom is -0.456 e. The lowest BCUT2D eigenvalue weighted by atomic mass is 10.2. The highest BCUT2D eigenvalue weighted by atomic mass is 35.5. The second kappa shape index (κ2) is 5.67. The number of para-hydroxylation sites is 1. The van der Waals surface area contributed by atoms with Crippen LogP contribution in [0.5, 0.6) is 0 Å². The standard InChI is InChI=1S/C13H11ClN2O3/c1-8(17)19-7-12(18)16-11-6-15-10-5-3-2-4-9(10)13(11)14/h2-6H,7H2,1H3,(H,16,18). The molecule has 0 bridgehead atoms. The lowest BCUT2D eigenvalue weighted by Gasteiger charge is -2.08. The van der Waals surface area contributed by atoms with Crippen molar-refractivity contribution in [3.05, 3.63) is 35.5 Å². The van der Waals surface area contributed by atoms with Crippen molar-refractivity contribution in [2.75, 3.05) is 11.9 Å². The molecule has 0 saturated heterocycles. The van der Waals surface area contributed by atoms with Crippen LogP contribution in [0.2, 0.25) is 5.02 Å². The van der Waals surface area contributed by atoms with Gasteiger partial charge in [-0.2, -0.15) is 0 Å². The lowest BCUT2D eigenvalue weighted by Crippen LogP contribution is -2.20. The van der Waals surface area contributed by atoms with Crippen LogP contribution in [-0.4, -0.2) is 23.5 Å². The third-order valence-corrected chi connectivity index (χ3v) is 2.80. The third kappa shape index (κ3) is 3.20. The molecule has 0 fully saturated rings. The van der Waals surface area contributed by atoms with Gasteiger partial charge in [0.25, 0.3) is 5.91 Å². The molecule has 2 rings (SSSR count). The average molecular weight is 279 g/mol. The summed E-state index contributed by atoms with van der Waals surface area (Å²) in [7, 11) is 0. The molecule has 0 aliphatic rings. The van der Waals surface area contributed by atoms with Gasteiger partial charge in [-0.3, -0.25) is 14.6 Å². The summed E-state index contributed by atoms with van der Waals surface area (Å²) in [6.45, 7) is 0.885. The topological polar surface area (TPSA) is 68.3 Å². The van der Waals surface area contributed by atoms with E-state index in [0.29, 0.717) is 10.7 Å². The molecule has 1 aromatic heterocycles. The lowest BCUT2D eigenvalue weighted by molar-refractivity contribution is -0.144. The third-order valence-electron chi connectivity index (χ3n) is 2.39. The highest BCUT2D eigenvalue weighted by molar-refractivity contribution is 6.38. The number of hydrogen-bond donors (Lipinski definition) is 1. The van der Waals surface area contributed by atoms with Gasteiger partial charge in [0.1, 0.15) is 0 Å². The largest absolute Gasteiger partial charge is 0.456 e. The molecule has 1 amide bonds. The molecule has 98 valence electrons. The number of ether oxygens (including phenoxy) is 1. The summed E-state index contributed by atoms with van der Waals surface area (Å²) in [5.74, 6) is -0.980. The summed E-state index contributed by atoms with van der Waals surface area (Å²) in [6, 6.07) is 7.32. The zero-order chi connectivity index (χ0) is 13.8. The molecule has 1 N–H and O–H groups in total. The number of anilines is 1. The van der Waals surface area contributed by atoms with Gasteiger partial charge in [0.15, 0.2) is 6.61 Å². The number of esters is 1. The number of rotatable bonds is 3. The van der Waals surface area contributed by atoms with Crippen molar-refractivity contribution >= 4 is 40.1 Å². The Morgan fingerprint density at radius 2 is 2.11 bits per heavy atom. The number of halogens is 1. The molecule has 0 unspecified atom stereocenters. The van der Waals surface area contributed by atoms with Gasteiger partial charge in [-0.15, -0.1) is 0 Å². The number of fused-ring (bicyclic) bond motifs is 1. The Morgan fingerprint density at radius 3 is 2.84 bits per heavy atom. The van der Waals surface area contributed by atoms with Crippen LogP contribution in [-0.2, 0) is 14.3 Å². The molecule has 1 heterocycles. The summed E-state index contributed by atoms with van der Waals surface area (Å²) in [6.07, 6.45) is 1.47. The SMILES string of the molecule is CC(=O)OCC(=O)Nc1cnc2ccccc2c1Cl. The molecule has 0 aliphatic carbocycles. The first-order valence-corrected chi connectivity index (χ1v) is 5.92. The maximum absolute atomic E-state index is 11.5. The Bertz CT molecular complexity index is 643. The van der Waals surface area contributed by atoms with E-state index in [1.54, 1.807) is 0 Å². The van der Waals surface area contributed by atoms with Gasteiger partial charge in [-0.25, -0.2) is 0 Å². The van der Waals surface area contributed by atoms with E-state index >= 15 is 0 Å². The fourth-order valence-corrected chi connectivity index (χ4v) is 1.80. The molecule has 0 saturated carbocycles. The van der Waals surface area contributed by atoms with E-state index in [9.17, 15) is 9.59 Å². The fourth-order valence-electron chi connectivity index (χ4n) is 1.55. The van der Waals surface area contributed by atoms with E-state index in [0.717, 1.165) is 10.9 Å². The highest BCUT2D eigenvalue weighted by Gasteiger charge is 2.10. The fraction of sp³-hybridized carbons (Fsp3) is 0.154. The molecule has 19 heavy (non-hydrogen) atoms. The molecular formula is C13H11ClN2O3. The maximum atomic E-state index is 11.5. The first-order chi connectivity index (χ1) is 9.08. The Hall–Kier alpha value is -2.14. The predicted molar refractivity (Wildman–Crippen MR) is 72.0 cm³/mol. The van der Waals surface area contributed by atoms with Crippen LogP contribution < -0.4 is 5.32 Å². The average Bonchev–Trinajstić information content (AvgIpc) is 2.40. The number of hydrogen-bond acceptors (Lipinski definition) is 4. The number of carbonyl (C=O) groups is 2. The summed E-state index contributed by atoms with van der Waals surface area (Å²) in [4.78, 5) is 26.3. The van der Waals surface area contributed by atoms with Crippen molar-refractivity contribution < 1.29 is 14.3 Å². The van der Waals surface area contributed by atoms with Crippen molar-refractivity contribution in [1.29, 1.82) is 0 Å². The van der Waals surface area contributed by atoms with E-state index < -0.39 is 11.9 Å². The van der Waals surface area contributed by atoms with Crippen LogP contribution in [0.25, 0.3) is 10.9 Å². The minimum absolute atomic E-state index is 0.349. The number of nitrogens with zero attached hydrogens (tertiary/aromatic N) is 1. The van der Waals surface area contributed by atoms with E-state index in [-0.39, 0.29) is 6.61 Å². The molecule has 1 aromatic carbocycles. The molecule has 0 spiro atoms. The zero-order valence-electron chi connectivity index (χ0n) is 10.1. The smallest absolute Gasteiger partial charge is 0.303 e. The monoisotopic (exact) mass is 278 g/mol. The summed E-state index contributed by atoms with van der Waals surface area (Å²) >= 11 is 6.19. The van der Waals surface area contributed by atoms with Crippen LogP contribution >= 0.6 is 11.6 Å². The van der Waals surface area contributed by atoms with E-state index in [1.807, 2.05) is 24.3 Å². The molecule has 6 heteroatoms. The number of amides is 1. The molecule has 5 nitrogen and oxygen atoms in total. The molecule has 2 aromatic rings. The highest BCUT2D eigenvalue weighted by Crippen LogP contribution is 2.28. The summed E-state index contributed by atoms with van der Waals surface area (Å²) in [5.41, 5.74) is 1.13. The predicted octanol–water partition coefficient (Wildman–Crippen LogP) is 2.39. The number of pyridine rings is 1. The molecule has 0 radical (unpaired) electrons. The Labute approximate surface area is 114 Å². The van der Waals surface area contributed by atoms with Crippen molar-refractivity contribution in [1.82, 2.24) is 4.98 Å². The number of carbonyl (C=O) groups excluding carboxylic acids is 2. The van der Waals surface area contributed by atoms with Crippen LogP contribution in [0.1, 0.15) is 6.92 Å². The Balaban J connectivity index is 2.19. The van der Waals surface area contributed by atoms with E-state index in [2.05, 4.69) is 15.0 Å². The van der Waals surface area contributed by atoms with Crippen molar-refractivity contribution in [3.8, 4) is 0 Å². The van der Waals surface area contributed by atoms with Gasteiger partial charge in [0.2, 0.25) is 0 Å². The Kier molecular flexibility index (Phi) is 3.97. The minimum atomic E-state index is -0.516. The van der Waals surface area contributed by atoms with Crippen molar-refractivity contribution in [2.24, 2.45) is 0 Å². The number of aromatic nitrogens is 1. The second-order valence-corrected chi connectivity index (χ2v) is 4.21. The number of nitrogens with one attached hydrogen (secondary N) is 1. The van der Waals surface area contributed by atoms with Gasteiger partial charge < -0.3 is 10.1 Å². The van der Waals surface area contributed by atoms with Gasteiger partial charge in [0, 0.05) is 12.3 Å². The van der Waals surface area contributed by atoms with E-state index in [1.165, 1.54) is 13.1 Å². The van der Waals surface area contributed by atoms with Gasteiger partial charge in [0.05, 0.1) is 22.4 Å². The van der Waals surface area contributed by atoms with Crippen LogP contribution in [0.3, 0.4) is 0 Å². The zero-order valence-corrected chi connectivity index (χ0v) is 10.9. The molecule has 0 atom stereocenters. The van der Waals surface area contributed by atoms with Gasteiger partial charge in [-0.05, 0) is 6.07 Å². The summed E-state index contributed by atoms with van der Waals surface area (Å²) in [5, 5.41) is 3.70. The first-order valence-electron chi connectivity index (χ1n) is 5.54. The quantitative estimate of drug-likeness (QED) is 0.875. The first kappa shape index (κ1) is 13.3. The van der Waals surface area contributed by atoms with E-state index in [4.69, 9.17) is 11.6 Å². The van der Waals surface area contributed by atoms with Crippen LogP contribution in [0.15, 0.2) is 30.5 Å².